The van der Waals surface area contributed by atoms with E-state index in [0.29, 0.717) is 11.8 Å². The molecule has 5 heteroatoms. The van der Waals surface area contributed by atoms with Crippen LogP contribution >= 0.6 is 0 Å². The molecule has 1 aliphatic rings. The summed E-state index contributed by atoms with van der Waals surface area (Å²) >= 11 is 0. The number of piperazine rings is 1. The first-order valence-electron chi connectivity index (χ1n) is 6.90. The van der Waals surface area contributed by atoms with Crippen molar-refractivity contribution in [2.45, 2.75) is 51.6 Å². The zero-order valence-corrected chi connectivity index (χ0v) is 13.0. The van der Waals surface area contributed by atoms with Crippen LogP contribution in [0, 0.1) is 0 Å². The molecule has 0 saturated carbocycles. The molecular formula is C13H28N2O2S. The first kappa shape index (κ1) is 15.9. The fraction of sp³-hybridized carbons (Fsp3) is 1.00. The second-order valence-electron chi connectivity index (χ2n) is 6.16. The van der Waals surface area contributed by atoms with Gasteiger partial charge in [-0.2, -0.15) is 0 Å². The van der Waals surface area contributed by atoms with Crippen LogP contribution in [0.2, 0.25) is 0 Å². The van der Waals surface area contributed by atoms with Gasteiger partial charge in [-0.05, 0) is 33.2 Å². The zero-order valence-electron chi connectivity index (χ0n) is 12.2. The Morgan fingerprint density at radius 3 is 2.61 bits per heavy atom. The molecule has 0 amide bonds. The van der Waals surface area contributed by atoms with E-state index in [1.807, 2.05) is 0 Å². The molecule has 1 atom stereocenters. The van der Waals surface area contributed by atoms with Crippen molar-refractivity contribution in [1.29, 1.82) is 0 Å². The molecule has 18 heavy (non-hydrogen) atoms. The molecule has 1 rings (SSSR count). The van der Waals surface area contributed by atoms with Crippen molar-refractivity contribution >= 4 is 9.84 Å². The molecule has 108 valence electrons. The lowest BCUT2D eigenvalue weighted by atomic mass is 9.96. The lowest BCUT2D eigenvalue weighted by molar-refractivity contribution is 0.0899. The average molecular weight is 276 g/mol. The van der Waals surface area contributed by atoms with Crippen LogP contribution < -0.4 is 5.32 Å². The Labute approximate surface area is 112 Å². The fourth-order valence-electron chi connectivity index (χ4n) is 2.63. The number of hydrogen-bond acceptors (Lipinski definition) is 4. The van der Waals surface area contributed by atoms with Crippen LogP contribution in [0.1, 0.15) is 40.0 Å². The first-order chi connectivity index (χ1) is 8.23. The number of hydrogen-bond donors (Lipinski definition) is 1. The maximum atomic E-state index is 11.2. The monoisotopic (exact) mass is 276 g/mol. The van der Waals surface area contributed by atoms with E-state index >= 15 is 0 Å². The maximum Gasteiger partial charge on any atom is 0.147 e. The summed E-state index contributed by atoms with van der Waals surface area (Å²) in [6.45, 7) is 9.52. The van der Waals surface area contributed by atoms with E-state index in [1.54, 1.807) is 0 Å². The SMILES string of the molecule is CCCC1CNC(C)(C)CN1CCCS(C)(=O)=O. The molecular weight excluding hydrogens is 248 g/mol. The van der Waals surface area contributed by atoms with Crippen molar-refractivity contribution in [2.75, 3.05) is 31.6 Å². The van der Waals surface area contributed by atoms with Gasteiger partial charge in [-0.15, -0.1) is 0 Å². The van der Waals surface area contributed by atoms with E-state index in [-0.39, 0.29) is 5.54 Å². The quantitative estimate of drug-likeness (QED) is 0.794. The van der Waals surface area contributed by atoms with E-state index in [4.69, 9.17) is 0 Å². The number of rotatable bonds is 6. The van der Waals surface area contributed by atoms with Crippen molar-refractivity contribution in [3.8, 4) is 0 Å². The number of nitrogens with zero attached hydrogens (tertiary/aromatic N) is 1. The van der Waals surface area contributed by atoms with Crippen molar-refractivity contribution in [1.82, 2.24) is 10.2 Å². The molecule has 0 aromatic carbocycles. The molecule has 1 fully saturated rings. The minimum Gasteiger partial charge on any atom is -0.309 e. The Kier molecular flexibility index (Phi) is 5.62. The summed E-state index contributed by atoms with van der Waals surface area (Å²) in [6, 6.07) is 0.558. The minimum atomic E-state index is -2.83. The molecule has 0 radical (unpaired) electrons. The van der Waals surface area contributed by atoms with Gasteiger partial charge in [0.05, 0.1) is 5.75 Å². The third-order valence-electron chi connectivity index (χ3n) is 3.51. The molecule has 1 saturated heterocycles. The Hall–Kier alpha value is -0.130. The fourth-order valence-corrected chi connectivity index (χ4v) is 3.28. The van der Waals surface area contributed by atoms with Crippen molar-refractivity contribution < 1.29 is 8.42 Å². The molecule has 0 spiro atoms. The Balaban J connectivity index is 2.51. The van der Waals surface area contributed by atoms with E-state index in [0.717, 1.165) is 26.1 Å². The van der Waals surface area contributed by atoms with Crippen LogP contribution in [-0.4, -0.2) is 56.5 Å². The van der Waals surface area contributed by atoms with Crippen LogP contribution in [0.5, 0.6) is 0 Å². The van der Waals surface area contributed by atoms with Crippen LogP contribution in [0.25, 0.3) is 0 Å². The number of nitrogens with one attached hydrogen (secondary N) is 1. The van der Waals surface area contributed by atoms with Gasteiger partial charge < -0.3 is 5.32 Å². The third kappa shape index (κ3) is 5.67. The predicted molar refractivity (Wildman–Crippen MR) is 76.7 cm³/mol. The van der Waals surface area contributed by atoms with Gasteiger partial charge in [-0.25, -0.2) is 8.42 Å². The highest BCUT2D eigenvalue weighted by Gasteiger charge is 2.31. The molecule has 0 aromatic rings. The molecule has 0 bridgehead atoms. The smallest absolute Gasteiger partial charge is 0.147 e. The van der Waals surface area contributed by atoms with Crippen molar-refractivity contribution in [3.63, 3.8) is 0 Å². The van der Waals surface area contributed by atoms with Gasteiger partial charge in [-0.1, -0.05) is 13.3 Å². The summed E-state index contributed by atoms with van der Waals surface area (Å²) in [5.41, 5.74) is 0.134. The zero-order chi connectivity index (χ0) is 13.8. The van der Waals surface area contributed by atoms with Gasteiger partial charge in [0.15, 0.2) is 0 Å². The summed E-state index contributed by atoms with van der Waals surface area (Å²) in [5, 5.41) is 3.57. The van der Waals surface area contributed by atoms with Gasteiger partial charge in [-0.3, -0.25) is 4.90 Å². The van der Waals surface area contributed by atoms with Crippen molar-refractivity contribution in [2.24, 2.45) is 0 Å². The summed E-state index contributed by atoms with van der Waals surface area (Å²) in [4.78, 5) is 2.46. The van der Waals surface area contributed by atoms with Gasteiger partial charge in [0.1, 0.15) is 9.84 Å². The van der Waals surface area contributed by atoms with E-state index in [1.165, 1.54) is 19.1 Å². The second kappa shape index (κ2) is 6.35. The lowest BCUT2D eigenvalue weighted by Gasteiger charge is -2.44. The predicted octanol–water partition coefficient (Wildman–Crippen LogP) is 1.27. The van der Waals surface area contributed by atoms with Gasteiger partial charge in [0, 0.05) is 30.9 Å². The summed E-state index contributed by atoms with van der Waals surface area (Å²) < 4.78 is 22.4. The van der Waals surface area contributed by atoms with Crippen molar-refractivity contribution in [3.05, 3.63) is 0 Å². The van der Waals surface area contributed by atoms with Crippen LogP contribution in [0.15, 0.2) is 0 Å². The molecule has 1 unspecified atom stereocenters. The van der Waals surface area contributed by atoms with E-state index in [2.05, 4.69) is 31.0 Å². The minimum absolute atomic E-state index is 0.134. The second-order valence-corrected chi connectivity index (χ2v) is 8.42. The normalized spacial score (nSPS) is 25.2. The highest BCUT2D eigenvalue weighted by molar-refractivity contribution is 7.90. The summed E-state index contributed by atoms with van der Waals surface area (Å²) in [7, 11) is -2.83. The standard InChI is InChI=1S/C13H28N2O2S/c1-5-7-12-10-14-13(2,3)11-15(12)8-6-9-18(4,16)17/h12,14H,5-11H2,1-4H3. The van der Waals surface area contributed by atoms with Crippen LogP contribution in [-0.2, 0) is 9.84 Å². The summed E-state index contributed by atoms with van der Waals surface area (Å²) in [6.07, 6.45) is 4.42. The van der Waals surface area contributed by atoms with Gasteiger partial charge in [0.25, 0.3) is 0 Å². The molecule has 1 heterocycles. The first-order valence-corrected chi connectivity index (χ1v) is 8.96. The van der Waals surface area contributed by atoms with Gasteiger partial charge in [0.2, 0.25) is 0 Å². The Morgan fingerprint density at radius 2 is 2.06 bits per heavy atom. The molecule has 1 aliphatic heterocycles. The molecule has 4 nitrogen and oxygen atoms in total. The van der Waals surface area contributed by atoms with E-state index < -0.39 is 9.84 Å². The maximum absolute atomic E-state index is 11.2. The highest BCUT2D eigenvalue weighted by Crippen LogP contribution is 2.18. The topological polar surface area (TPSA) is 49.4 Å². The number of sulfone groups is 1. The average Bonchev–Trinajstić information content (AvgIpc) is 2.20. The van der Waals surface area contributed by atoms with Crippen LogP contribution in [0.4, 0.5) is 0 Å². The molecule has 0 aliphatic carbocycles. The summed E-state index contributed by atoms with van der Waals surface area (Å²) in [5.74, 6) is 0.302. The lowest BCUT2D eigenvalue weighted by Crippen LogP contribution is -2.61. The van der Waals surface area contributed by atoms with Gasteiger partial charge >= 0.3 is 0 Å². The van der Waals surface area contributed by atoms with E-state index in [9.17, 15) is 8.42 Å². The molecule has 0 aromatic heterocycles. The third-order valence-corrected chi connectivity index (χ3v) is 4.54. The Morgan fingerprint density at radius 1 is 1.39 bits per heavy atom. The largest absolute Gasteiger partial charge is 0.309 e. The highest BCUT2D eigenvalue weighted by atomic mass is 32.2. The Bertz CT molecular complexity index is 352. The van der Waals surface area contributed by atoms with Crippen LogP contribution in [0.3, 0.4) is 0 Å². The molecule has 1 N–H and O–H groups in total.